The van der Waals surface area contributed by atoms with Crippen LogP contribution in [-0.4, -0.2) is 72.3 Å². The van der Waals surface area contributed by atoms with E-state index in [0.717, 1.165) is 36.0 Å². The summed E-state index contributed by atoms with van der Waals surface area (Å²) in [5, 5.41) is 0.677. The second kappa shape index (κ2) is 9.62. The van der Waals surface area contributed by atoms with Crippen LogP contribution < -0.4 is 9.80 Å². The number of piperazine rings is 1. The van der Waals surface area contributed by atoms with Crippen LogP contribution in [0.25, 0.3) is 10.9 Å². The van der Waals surface area contributed by atoms with Crippen LogP contribution in [0.15, 0.2) is 48.7 Å². The van der Waals surface area contributed by atoms with E-state index in [9.17, 15) is 14.0 Å². The van der Waals surface area contributed by atoms with Gasteiger partial charge in [0.15, 0.2) is 5.78 Å². The number of hydrogen-bond acceptors (Lipinski definition) is 6. The number of benzene rings is 2. The number of anilines is 2. The van der Waals surface area contributed by atoms with Crippen LogP contribution >= 0.6 is 11.8 Å². The summed E-state index contributed by atoms with van der Waals surface area (Å²) in [6.07, 6.45) is 1.66. The molecule has 2 fully saturated rings. The Labute approximate surface area is 202 Å². The number of Topliss-reactive ketones (excluding diaryl/α,β-unsaturated/α-hetero) is 1. The quantitative estimate of drug-likeness (QED) is 0.527. The first-order valence-electron chi connectivity index (χ1n) is 11.6. The maximum absolute atomic E-state index is 14.3. The second-order valence-corrected chi connectivity index (χ2v) is 9.89. The lowest BCUT2D eigenvalue weighted by molar-refractivity contribution is 0.0772. The molecule has 176 valence electrons. The summed E-state index contributed by atoms with van der Waals surface area (Å²) in [5.41, 5.74) is 3.78. The van der Waals surface area contributed by atoms with Gasteiger partial charge in [0.2, 0.25) is 0 Å². The molecule has 0 saturated carbocycles. The Kier molecular flexibility index (Phi) is 6.41. The highest BCUT2D eigenvalue weighted by Crippen LogP contribution is 2.33. The van der Waals surface area contributed by atoms with Crippen LogP contribution in [0.4, 0.5) is 15.8 Å². The van der Waals surface area contributed by atoms with Crippen molar-refractivity contribution in [3.8, 4) is 0 Å². The third-order valence-electron chi connectivity index (χ3n) is 6.57. The van der Waals surface area contributed by atoms with Gasteiger partial charge >= 0.3 is 0 Å². The fourth-order valence-electron chi connectivity index (χ4n) is 4.68. The molecule has 3 heterocycles. The van der Waals surface area contributed by atoms with Crippen molar-refractivity contribution in [2.45, 2.75) is 6.92 Å². The van der Waals surface area contributed by atoms with E-state index in [2.05, 4.69) is 14.8 Å². The van der Waals surface area contributed by atoms with Crippen molar-refractivity contribution < 1.29 is 14.0 Å². The second-order valence-electron chi connectivity index (χ2n) is 8.66. The number of nitrogens with zero attached hydrogens (tertiary/aromatic N) is 4. The minimum absolute atomic E-state index is 0.0313. The van der Waals surface area contributed by atoms with Gasteiger partial charge in [0, 0.05) is 73.6 Å². The van der Waals surface area contributed by atoms with Gasteiger partial charge in [0.1, 0.15) is 5.82 Å². The van der Waals surface area contributed by atoms with Gasteiger partial charge in [-0.15, -0.1) is 0 Å². The molecular formula is C26H27FN4O2S. The van der Waals surface area contributed by atoms with Gasteiger partial charge in [0.05, 0.1) is 16.8 Å². The molecule has 5 rings (SSSR count). The van der Waals surface area contributed by atoms with Crippen molar-refractivity contribution in [3.05, 3.63) is 65.6 Å². The molecule has 1 aromatic heterocycles. The van der Waals surface area contributed by atoms with E-state index in [1.54, 1.807) is 19.2 Å². The molecule has 6 nitrogen and oxygen atoms in total. The zero-order valence-corrected chi connectivity index (χ0v) is 20.0. The molecule has 2 aliphatic heterocycles. The molecule has 0 radical (unpaired) electrons. The Morgan fingerprint density at radius 2 is 1.59 bits per heavy atom. The summed E-state index contributed by atoms with van der Waals surface area (Å²) in [4.78, 5) is 35.9. The molecule has 2 aliphatic rings. The molecule has 0 atom stereocenters. The highest BCUT2D eigenvalue weighted by molar-refractivity contribution is 7.99. The third-order valence-corrected chi connectivity index (χ3v) is 7.51. The van der Waals surface area contributed by atoms with E-state index in [4.69, 9.17) is 0 Å². The number of ketones is 1. The van der Waals surface area contributed by atoms with Crippen molar-refractivity contribution >= 4 is 45.7 Å². The minimum Gasteiger partial charge on any atom is -0.368 e. The van der Waals surface area contributed by atoms with Gasteiger partial charge in [-0.25, -0.2) is 4.39 Å². The molecule has 2 aromatic carbocycles. The van der Waals surface area contributed by atoms with E-state index >= 15 is 0 Å². The van der Waals surface area contributed by atoms with Crippen LogP contribution in [0.1, 0.15) is 27.6 Å². The van der Waals surface area contributed by atoms with Crippen molar-refractivity contribution in [3.63, 3.8) is 0 Å². The normalized spacial score (nSPS) is 16.7. The maximum Gasteiger partial charge on any atom is 0.257 e. The van der Waals surface area contributed by atoms with Gasteiger partial charge < -0.3 is 14.7 Å². The van der Waals surface area contributed by atoms with Crippen LogP contribution in [0.5, 0.6) is 0 Å². The number of amides is 1. The highest BCUT2D eigenvalue weighted by atomic mass is 32.2. The van der Waals surface area contributed by atoms with E-state index in [0.29, 0.717) is 48.2 Å². The Morgan fingerprint density at radius 3 is 2.26 bits per heavy atom. The molecule has 0 aliphatic carbocycles. The van der Waals surface area contributed by atoms with E-state index in [1.807, 2.05) is 40.9 Å². The first-order chi connectivity index (χ1) is 16.5. The molecule has 0 bridgehead atoms. The number of rotatable bonds is 4. The summed E-state index contributed by atoms with van der Waals surface area (Å²) >= 11 is 1.85. The number of carbonyl (C=O) groups excluding carboxylic acids is 2. The minimum atomic E-state index is -0.335. The van der Waals surface area contributed by atoms with Gasteiger partial charge in [0.25, 0.3) is 5.91 Å². The van der Waals surface area contributed by atoms with Crippen LogP contribution in [0.3, 0.4) is 0 Å². The van der Waals surface area contributed by atoms with Crippen molar-refractivity contribution in [1.82, 2.24) is 9.88 Å². The summed E-state index contributed by atoms with van der Waals surface area (Å²) in [6.45, 7) is 5.90. The van der Waals surface area contributed by atoms with Gasteiger partial charge in [-0.2, -0.15) is 11.8 Å². The molecular weight excluding hydrogens is 451 g/mol. The summed E-state index contributed by atoms with van der Waals surface area (Å²) in [6, 6.07) is 12.2. The lowest BCUT2D eigenvalue weighted by Gasteiger charge is -2.39. The zero-order valence-electron chi connectivity index (χ0n) is 19.2. The average molecular weight is 479 g/mol. The highest BCUT2D eigenvalue weighted by Gasteiger charge is 2.28. The molecule has 0 N–H and O–H groups in total. The molecule has 8 heteroatoms. The molecule has 0 spiro atoms. The number of fused-ring (bicyclic) bond motifs is 1. The predicted molar refractivity (Wildman–Crippen MR) is 136 cm³/mol. The Bertz CT molecular complexity index is 1220. The summed E-state index contributed by atoms with van der Waals surface area (Å²) in [7, 11) is 0. The number of hydrogen-bond donors (Lipinski definition) is 0. The first kappa shape index (κ1) is 22.7. The first-order valence-corrected chi connectivity index (χ1v) is 12.7. The number of thioether (sulfide) groups is 1. The number of halogens is 1. The fourth-order valence-corrected chi connectivity index (χ4v) is 5.58. The van der Waals surface area contributed by atoms with Crippen molar-refractivity contribution in [2.75, 3.05) is 60.6 Å². The summed E-state index contributed by atoms with van der Waals surface area (Å²) < 4.78 is 14.3. The van der Waals surface area contributed by atoms with Crippen LogP contribution in [0, 0.1) is 5.82 Å². The van der Waals surface area contributed by atoms with E-state index < -0.39 is 0 Å². The molecule has 3 aromatic rings. The third kappa shape index (κ3) is 4.46. The molecule has 34 heavy (non-hydrogen) atoms. The Balaban J connectivity index is 1.44. The molecule has 0 unspecified atom stereocenters. The predicted octanol–water partition coefficient (Wildman–Crippen LogP) is 4.09. The van der Waals surface area contributed by atoms with Gasteiger partial charge in [-0.3, -0.25) is 14.6 Å². The smallest absolute Gasteiger partial charge is 0.257 e. The lowest BCUT2D eigenvalue weighted by Crippen LogP contribution is -2.47. The SMILES string of the molecule is CC(=O)c1ccc(N2CCN(c3c(C(=O)N4CCSCC4)cnc4ccc(F)cc34)CC2)cc1. The Morgan fingerprint density at radius 1 is 0.912 bits per heavy atom. The monoisotopic (exact) mass is 478 g/mol. The number of carbonyl (C=O) groups is 2. The zero-order chi connectivity index (χ0) is 23.7. The molecule has 1 amide bonds. The van der Waals surface area contributed by atoms with Gasteiger partial charge in [-0.1, -0.05) is 0 Å². The number of aromatic nitrogens is 1. The van der Waals surface area contributed by atoms with Gasteiger partial charge in [-0.05, 0) is 49.4 Å². The summed E-state index contributed by atoms with van der Waals surface area (Å²) in [5.74, 6) is 1.54. The van der Waals surface area contributed by atoms with Crippen molar-refractivity contribution in [2.24, 2.45) is 0 Å². The standard InChI is InChI=1S/C26H27FN4O2S/c1-18(32)19-2-5-21(6-3-19)29-8-10-30(11-9-29)25-22-16-20(27)4-7-24(22)28-17-23(25)26(33)31-12-14-34-15-13-31/h2-7,16-17H,8-15H2,1H3. The maximum atomic E-state index is 14.3. The fraction of sp³-hybridized carbons (Fsp3) is 0.346. The van der Waals surface area contributed by atoms with Crippen LogP contribution in [0.2, 0.25) is 0 Å². The largest absolute Gasteiger partial charge is 0.368 e. The Hall–Kier alpha value is -3.13. The van der Waals surface area contributed by atoms with Crippen LogP contribution in [-0.2, 0) is 0 Å². The number of pyridine rings is 1. The average Bonchev–Trinajstić information content (AvgIpc) is 2.88. The van der Waals surface area contributed by atoms with E-state index in [-0.39, 0.29) is 17.5 Å². The topological polar surface area (TPSA) is 56.8 Å². The lowest BCUT2D eigenvalue weighted by atomic mass is 10.1. The van der Waals surface area contributed by atoms with Crippen molar-refractivity contribution in [1.29, 1.82) is 0 Å². The van der Waals surface area contributed by atoms with E-state index in [1.165, 1.54) is 12.1 Å². The molecule has 2 saturated heterocycles.